The van der Waals surface area contributed by atoms with Crippen LogP contribution in [0.15, 0.2) is 0 Å². The molecular formula is C13H25NO3S. The fourth-order valence-corrected chi connectivity index (χ4v) is 4.18. The van der Waals surface area contributed by atoms with E-state index in [0.29, 0.717) is 5.75 Å². The number of hydrogen-bond donors (Lipinski definition) is 1. The molecule has 2 aliphatic rings. The lowest BCUT2D eigenvalue weighted by molar-refractivity contribution is 0.185. The Hall–Kier alpha value is -0.130. The van der Waals surface area contributed by atoms with Gasteiger partial charge in [-0.15, -0.1) is 0 Å². The normalized spacial score (nSPS) is 34.6. The Morgan fingerprint density at radius 1 is 1.33 bits per heavy atom. The molecule has 2 fully saturated rings. The number of ether oxygens (including phenoxy) is 1. The van der Waals surface area contributed by atoms with Crippen LogP contribution in [0.3, 0.4) is 0 Å². The third-order valence-electron chi connectivity index (χ3n) is 4.45. The summed E-state index contributed by atoms with van der Waals surface area (Å²) in [7, 11) is -1.14. The molecule has 0 saturated heterocycles. The summed E-state index contributed by atoms with van der Waals surface area (Å²) in [6, 6.07) is 0. The van der Waals surface area contributed by atoms with E-state index in [1.54, 1.807) is 7.11 Å². The van der Waals surface area contributed by atoms with Crippen LogP contribution in [0.4, 0.5) is 0 Å². The molecule has 106 valence electrons. The Labute approximate surface area is 110 Å². The largest absolute Gasteiger partial charge is 0.383 e. The van der Waals surface area contributed by atoms with Crippen LogP contribution in [0.1, 0.15) is 25.7 Å². The molecular weight excluding hydrogens is 250 g/mol. The fraction of sp³-hybridized carbons (Fsp3) is 1.00. The van der Waals surface area contributed by atoms with E-state index in [1.165, 1.54) is 25.5 Å². The Kier molecular flexibility index (Phi) is 4.34. The number of rotatable bonds is 8. The second kappa shape index (κ2) is 5.47. The number of nitrogens with one attached hydrogen (secondary N) is 1. The predicted molar refractivity (Wildman–Crippen MR) is 72.3 cm³/mol. The summed E-state index contributed by atoms with van der Waals surface area (Å²) in [5, 5.41) is 3.43. The minimum atomic E-state index is -2.84. The molecule has 2 rings (SSSR count). The van der Waals surface area contributed by atoms with Gasteiger partial charge in [-0.2, -0.15) is 0 Å². The molecule has 0 aliphatic heterocycles. The monoisotopic (exact) mass is 275 g/mol. The van der Waals surface area contributed by atoms with Gasteiger partial charge in [0.05, 0.1) is 12.4 Å². The molecule has 2 unspecified atom stereocenters. The highest BCUT2D eigenvalue weighted by Gasteiger charge is 2.53. The molecule has 2 aliphatic carbocycles. The standard InChI is InChI=1S/C13H25NO3S/c1-17-5-4-14-10-13(3-6-18(2,15)16)8-11-7-12(11)9-13/h11-12,14H,3-10H2,1-2H3. The van der Waals surface area contributed by atoms with Crippen LogP contribution < -0.4 is 5.32 Å². The zero-order valence-corrected chi connectivity index (χ0v) is 12.3. The van der Waals surface area contributed by atoms with Crippen molar-refractivity contribution >= 4 is 9.84 Å². The summed E-state index contributed by atoms with van der Waals surface area (Å²) in [5.41, 5.74) is 0.227. The Balaban J connectivity index is 1.83. The maximum Gasteiger partial charge on any atom is 0.147 e. The zero-order chi connectivity index (χ0) is 13.2. The van der Waals surface area contributed by atoms with Crippen molar-refractivity contribution in [3.8, 4) is 0 Å². The summed E-state index contributed by atoms with van der Waals surface area (Å²) in [5.74, 6) is 2.10. The van der Waals surface area contributed by atoms with E-state index in [1.807, 2.05) is 0 Å². The van der Waals surface area contributed by atoms with Gasteiger partial charge in [-0.3, -0.25) is 0 Å². The fourth-order valence-electron chi connectivity index (χ4n) is 3.37. The molecule has 0 bridgehead atoms. The molecule has 0 aromatic carbocycles. The lowest BCUT2D eigenvalue weighted by atomic mass is 9.80. The van der Waals surface area contributed by atoms with Gasteiger partial charge in [-0.05, 0) is 42.9 Å². The van der Waals surface area contributed by atoms with Gasteiger partial charge in [0, 0.05) is 26.5 Å². The summed E-state index contributed by atoms with van der Waals surface area (Å²) >= 11 is 0. The van der Waals surface area contributed by atoms with Crippen molar-refractivity contribution in [1.82, 2.24) is 5.32 Å². The van der Waals surface area contributed by atoms with Gasteiger partial charge in [-0.25, -0.2) is 8.42 Å². The van der Waals surface area contributed by atoms with E-state index in [-0.39, 0.29) is 5.41 Å². The van der Waals surface area contributed by atoms with Crippen LogP contribution in [-0.2, 0) is 14.6 Å². The van der Waals surface area contributed by atoms with Crippen LogP contribution in [0, 0.1) is 17.3 Å². The van der Waals surface area contributed by atoms with Gasteiger partial charge in [0.25, 0.3) is 0 Å². The van der Waals surface area contributed by atoms with E-state index in [0.717, 1.165) is 38.0 Å². The van der Waals surface area contributed by atoms with Crippen molar-refractivity contribution in [2.75, 3.05) is 38.8 Å². The van der Waals surface area contributed by atoms with Crippen LogP contribution in [0.5, 0.6) is 0 Å². The first kappa shape index (κ1) is 14.3. The van der Waals surface area contributed by atoms with Crippen molar-refractivity contribution in [3.05, 3.63) is 0 Å². The lowest BCUT2D eigenvalue weighted by Gasteiger charge is -2.31. The summed E-state index contributed by atoms with van der Waals surface area (Å²) in [4.78, 5) is 0. The maximum atomic E-state index is 11.4. The Morgan fingerprint density at radius 2 is 2.00 bits per heavy atom. The minimum Gasteiger partial charge on any atom is -0.383 e. The summed E-state index contributed by atoms with van der Waals surface area (Å²) in [6.45, 7) is 2.51. The van der Waals surface area contributed by atoms with Crippen molar-refractivity contribution < 1.29 is 13.2 Å². The molecule has 2 saturated carbocycles. The van der Waals surface area contributed by atoms with Gasteiger partial charge >= 0.3 is 0 Å². The van der Waals surface area contributed by atoms with Gasteiger partial charge < -0.3 is 10.1 Å². The highest BCUT2D eigenvalue weighted by atomic mass is 32.2. The molecule has 0 radical (unpaired) electrons. The van der Waals surface area contributed by atoms with Crippen LogP contribution >= 0.6 is 0 Å². The molecule has 2 atom stereocenters. The van der Waals surface area contributed by atoms with E-state index < -0.39 is 9.84 Å². The predicted octanol–water partition coefficient (Wildman–Crippen LogP) is 1.07. The van der Waals surface area contributed by atoms with Gasteiger partial charge in [0.1, 0.15) is 9.84 Å². The first-order valence-electron chi connectivity index (χ1n) is 6.81. The number of sulfone groups is 1. The smallest absolute Gasteiger partial charge is 0.147 e. The number of fused-ring (bicyclic) bond motifs is 1. The molecule has 0 heterocycles. The Bertz CT molecular complexity index is 370. The van der Waals surface area contributed by atoms with E-state index >= 15 is 0 Å². The molecule has 0 aromatic rings. The second-order valence-electron chi connectivity index (χ2n) is 6.21. The average Bonchev–Trinajstić information content (AvgIpc) is 2.90. The quantitative estimate of drug-likeness (QED) is 0.673. The molecule has 1 N–H and O–H groups in total. The molecule has 0 amide bonds. The van der Waals surface area contributed by atoms with Crippen molar-refractivity contribution in [2.45, 2.75) is 25.7 Å². The highest BCUT2D eigenvalue weighted by Crippen LogP contribution is 2.60. The first-order valence-corrected chi connectivity index (χ1v) is 8.88. The minimum absolute atomic E-state index is 0.227. The van der Waals surface area contributed by atoms with Gasteiger partial charge in [-0.1, -0.05) is 0 Å². The average molecular weight is 275 g/mol. The van der Waals surface area contributed by atoms with Crippen molar-refractivity contribution in [2.24, 2.45) is 17.3 Å². The van der Waals surface area contributed by atoms with Crippen LogP contribution in [0.2, 0.25) is 0 Å². The molecule has 0 aromatic heterocycles. The SMILES string of the molecule is COCCNCC1(CCS(C)(=O)=O)CC2CC2C1. The number of methoxy groups -OCH3 is 1. The third-order valence-corrected chi connectivity index (χ3v) is 5.39. The van der Waals surface area contributed by atoms with Crippen LogP contribution in [0.25, 0.3) is 0 Å². The zero-order valence-electron chi connectivity index (χ0n) is 11.4. The summed E-state index contributed by atoms with van der Waals surface area (Å²) < 4.78 is 27.7. The molecule has 0 spiro atoms. The summed E-state index contributed by atoms with van der Waals surface area (Å²) in [6.07, 6.45) is 5.96. The molecule has 5 heteroatoms. The van der Waals surface area contributed by atoms with Crippen LogP contribution in [-0.4, -0.2) is 47.2 Å². The van der Waals surface area contributed by atoms with Gasteiger partial charge in [0.2, 0.25) is 0 Å². The number of hydrogen-bond acceptors (Lipinski definition) is 4. The van der Waals surface area contributed by atoms with E-state index in [2.05, 4.69) is 5.32 Å². The van der Waals surface area contributed by atoms with Gasteiger partial charge in [0.15, 0.2) is 0 Å². The first-order chi connectivity index (χ1) is 8.44. The highest BCUT2D eigenvalue weighted by molar-refractivity contribution is 7.90. The lowest BCUT2D eigenvalue weighted by Crippen LogP contribution is -2.36. The van der Waals surface area contributed by atoms with E-state index in [4.69, 9.17) is 4.74 Å². The topological polar surface area (TPSA) is 55.4 Å². The Morgan fingerprint density at radius 3 is 2.56 bits per heavy atom. The van der Waals surface area contributed by atoms with Crippen molar-refractivity contribution in [1.29, 1.82) is 0 Å². The second-order valence-corrected chi connectivity index (χ2v) is 8.47. The van der Waals surface area contributed by atoms with Crippen molar-refractivity contribution in [3.63, 3.8) is 0 Å². The maximum absolute atomic E-state index is 11.4. The third kappa shape index (κ3) is 3.93. The molecule has 18 heavy (non-hydrogen) atoms. The molecule has 4 nitrogen and oxygen atoms in total. The van der Waals surface area contributed by atoms with E-state index in [9.17, 15) is 8.42 Å².